The van der Waals surface area contributed by atoms with Crippen molar-refractivity contribution in [2.24, 2.45) is 0 Å². The molecule has 1 aliphatic heterocycles. The third-order valence-electron chi connectivity index (χ3n) is 3.84. The number of aromatic nitrogens is 2. The number of aromatic amines is 2. The molecular weight excluding hydrogens is 290 g/mol. The van der Waals surface area contributed by atoms with Gasteiger partial charge in [-0.3, -0.25) is 14.7 Å². The van der Waals surface area contributed by atoms with E-state index in [2.05, 4.69) is 10.2 Å². The first kappa shape index (κ1) is 13.9. The molecule has 0 aliphatic carbocycles. The van der Waals surface area contributed by atoms with Crippen LogP contribution in [0.2, 0.25) is 5.02 Å². The summed E-state index contributed by atoms with van der Waals surface area (Å²) in [5.74, 6) is 0.0798. The van der Waals surface area contributed by atoms with Crippen molar-refractivity contribution in [2.45, 2.75) is 25.8 Å². The Hall–Kier alpha value is -2.01. The molecule has 0 bridgehead atoms. The molecule has 0 saturated heterocycles. The molecule has 5 nitrogen and oxygen atoms in total. The molecule has 0 spiro atoms. The quantitative estimate of drug-likeness (QED) is 0.909. The van der Waals surface area contributed by atoms with E-state index in [0.717, 1.165) is 11.3 Å². The molecule has 0 radical (unpaired) electrons. The van der Waals surface area contributed by atoms with Gasteiger partial charge in [-0.25, -0.2) is 0 Å². The summed E-state index contributed by atoms with van der Waals surface area (Å²) < 4.78 is 0. The predicted molar refractivity (Wildman–Crippen MR) is 80.3 cm³/mol. The van der Waals surface area contributed by atoms with E-state index < -0.39 is 0 Å². The van der Waals surface area contributed by atoms with E-state index in [9.17, 15) is 9.59 Å². The maximum Gasteiger partial charge on any atom is 0.269 e. The highest BCUT2D eigenvalue weighted by atomic mass is 35.5. The van der Waals surface area contributed by atoms with Gasteiger partial charge >= 0.3 is 0 Å². The smallest absolute Gasteiger partial charge is 0.269 e. The number of carbonyl (C=O) groups is 1. The third kappa shape index (κ3) is 3.03. The van der Waals surface area contributed by atoms with Gasteiger partial charge in [0.2, 0.25) is 5.91 Å². The lowest BCUT2D eigenvalue weighted by molar-refractivity contribution is -0.132. The lowest BCUT2D eigenvalue weighted by Crippen LogP contribution is -2.37. The average molecular weight is 306 g/mol. The number of nitrogens with zero attached hydrogens (tertiary/aromatic N) is 1. The lowest BCUT2D eigenvalue weighted by atomic mass is 10.1. The Kier molecular flexibility index (Phi) is 3.84. The molecule has 1 aromatic heterocycles. The molecule has 3 rings (SSSR count). The standard InChI is InChI=1S/C15H16ClN3O2/c16-11-4-1-10(2-5-11)3-6-14(20)19-8-7-13-12(9-19)15(21)18-17-13/h1-2,4-5H,3,6-9H2,(H2,17,18,21). The Morgan fingerprint density at radius 3 is 2.76 bits per heavy atom. The van der Waals surface area contributed by atoms with Crippen molar-refractivity contribution in [2.75, 3.05) is 6.54 Å². The third-order valence-corrected chi connectivity index (χ3v) is 4.09. The largest absolute Gasteiger partial charge is 0.338 e. The molecule has 2 N–H and O–H groups in total. The highest BCUT2D eigenvalue weighted by Gasteiger charge is 2.23. The van der Waals surface area contributed by atoms with E-state index >= 15 is 0 Å². The summed E-state index contributed by atoms with van der Waals surface area (Å²) in [4.78, 5) is 25.6. The highest BCUT2D eigenvalue weighted by Crippen LogP contribution is 2.16. The molecule has 0 atom stereocenters. The van der Waals surface area contributed by atoms with Crippen LogP contribution in [0.15, 0.2) is 29.1 Å². The zero-order chi connectivity index (χ0) is 14.8. The minimum absolute atomic E-state index is 0.0798. The Morgan fingerprint density at radius 1 is 1.24 bits per heavy atom. The second kappa shape index (κ2) is 5.77. The Bertz CT molecular complexity index is 702. The minimum atomic E-state index is -0.125. The summed E-state index contributed by atoms with van der Waals surface area (Å²) in [6.45, 7) is 1.05. The number of fused-ring (bicyclic) bond motifs is 1. The van der Waals surface area contributed by atoms with Crippen molar-refractivity contribution in [3.8, 4) is 0 Å². The van der Waals surface area contributed by atoms with Gasteiger partial charge < -0.3 is 10.00 Å². The second-order valence-electron chi connectivity index (χ2n) is 5.23. The minimum Gasteiger partial charge on any atom is -0.338 e. The van der Waals surface area contributed by atoms with Crippen molar-refractivity contribution in [1.82, 2.24) is 15.1 Å². The first-order chi connectivity index (χ1) is 10.1. The molecule has 21 heavy (non-hydrogen) atoms. The van der Waals surface area contributed by atoms with E-state index in [-0.39, 0.29) is 11.5 Å². The Labute approximate surface area is 126 Å². The van der Waals surface area contributed by atoms with E-state index in [1.807, 2.05) is 24.3 Å². The van der Waals surface area contributed by atoms with E-state index in [1.54, 1.807) is 4.90 Å². The normalized spacial score (nSPS) is 14.0. The summed E-state index contributed by atoms with van der Waals surface area (Å²) in [5, 5.41) is 6.13. The van der Waals surface area contributed by atoms with Crippen LogP contribution in [0.25, 0.3) is 0 Å². The van der Waals surface area contributed by atoms with Gasteiger partial charge in [-0.05, 0) is 24.1 Å². The molecule has 2 heterocycles. The molecular formula is C15H16ClN3O2. The van der Waals surface area contributed by atoms with Gasteiger partial charge in [-0.1, -0.05) is 23.7 Å². The zero-order valence-corrected chi connectivity index (χ0v) is 12.2. The van der Waals surface area contributed by atoms with Crippen LogP contribution in [0.5, 0.6) is 0 Å². The van der Waals surface area contributed by atoms with Crippen LogP contribution in [0.3, 0.4) is 0 Å². The van der Waals surface area contributed by atoms with Gasteiger partial charge in [-0.2, -0.15) is 0 Å². The van der Waals surface area contributed by atoms with Crippen molar-refractivity contribution in [1.29, 1.82) is 0 Å². The molecule has 0 unspecified atom stereocenters. The van der Waals surface area contributed by atoms with Crippen molar-refractivity contribution in [3.63, 3.8) is 0 Å². The van der Waals surface area contributed by atoms with Crippen molar-refractivity contribution >= 4 is 17.5 Å². The summed E-state index contributed by atoms with van der Waals surface area (Å²) in [6.07, 6.45) is 1.82. The molecule has 110 valence electrons. The van der Waals surface area contributed by atoms with Crippen LogP contribution in [0, 0.1) is 0 Å². The van der Waals surface area contributed by atoms with E-state index in [4.69, 9.17) is 11.6 Å². The summed E-state index contributed by atoms with van der Waals surface area (Å²) in [7, 11) is 0. The number of rotatable bonds is 3. The number of hydrogen-bond donors (Lipinski definition) is 2. The number of carbonyl (C=O) groups excluding carboxylic acids is 1. The van der Waals surface area contributed by atoms with E-state index in [1.165, 1.54) is 0 Å². The number of hydrogen-bond acceptors (Lipinski definition) is 2. The monoisotopic (exact) mass is 305 g/mol. The second-order valence-corrected chi connectivity index (χ2v) is 5.66. The number of amides is 1. The van der Waals surface area contributed by atoms with Crippen LogP contribution < -0.4 is 5.56 Å². The number of halogens is 1. The summed E-state index contributed by atoms with van der Waals surface area (Å²) >= 11 is 5.84. The average Bonchev–Trinajstić information content (AvgIpc) is 2.87. The van der Waals surface area contributed by atoms with Gasteiger partial charge in [0.1, 0.15) is 0 Å². The van der Waals surface area contributed by atoms with Crippen LogP contribution in [0.1, 0.15) is 23.2 Å². The van der Waals surface area contributed by atoms with Gasteiger partial charge in [-0.15, -0.1) is 0 Å². The van der Waals surface area contributed by atoms with Crippen LogP contribution in [-0.2, 0) is 24.2 Å². The number of benzene rings is 1. The highest BCUT2D eigenvalue weighted by molar-refractivity contribution is 6.30. The molecule has 0 fully saturated rings. The fourth-order valence-electron chi connectivity index (χ4n) is 2.59. The fraction of sp³-hybridized carbons (Fsp3) is 0.333. The predicted octanol–water partition coefficient (Wildman–Crippen LogP) is 1.87. The molecule has 1 amide bonds. The van der Waals surface area contributed by atoms with Gasteiger partial charge in [0.15, 0.2) is 0 Å². The Balaban J connectivity index is 1.60. The molecule has 1 aromatic carbocycles. The zero-order valence-electron chi connectivity index (χ0n) is 11.5. The van der Waals surface area contributed by atoms with Crippen molar-refractivity contribution in [3.05, 3.63) is 56.5 Å². The van der Waals surface area contributed by atoms with Crippen LogP contribution in [0.4, 0.5) is 0 Å². The maximum absolute atomic E-state index is 12.3. The van der Waals surface area contributed by atoms with Gasteiger partial charge in [0.05, 0.1) is 12.1 Å². The number of H-pyrrole nitrogens is 2. The Morgan fingerprint density at radius 2 is 2.00 bits per heavy atom. The first-order valence-electron chi connectivity index (χ1n) is 6.94. The fourth-order valence-corrected chi connectivity index (χ4v) is 2.72. The maximum atomic E-state index is 12.3. The van der Waals surface area contributed by atoms with Gasteiger partial charge in [0, 0.05) is 30.1 Å². The number of nitrogens with one attached hydrogen (secondary N) is 2. The first-order valence-corrected chi connectivity index (χ1v) is 7.32. The van der Waals surface area contributed by atoms with Crippen molar-refractivity contribution < 1.29 is 4.79 Å². The van der Waals surface area contributed by atoms with Crippen LogP contribution in [-0.4, -0.2) is 27.5 Å². The molecule has 6 heteroatoms. The topological polar surface area (TPSA) is 69.0 Å². The SMILES string of the molecule is O=C(CCc1ccc(Cl)cc1)N1CCc2[nH][nH]c(=O)c2C1. The number of aryl methyl sites for hydroxylation is 1. The van der Waals surface area contributed by atoms with Crippen LogP contribution >= 0.6 is 11.6 Å². The van der Waals surface area contributed by atoms with E-state index in [0.29, 0.717) is 42.9 Å². The summed E-state index contributed by atoms with van der Waals surface area (Å²) in [6, 6.07) is 7.52. The molecule has 2 aromatic rings. The summed E-state index contributed by atoms with van der Waals surface area (Å²) in [5.41, 5.74) is 2.56. The molecule has 1 aliphatic rings. The lowest BCUT2D eigenvalue weighted by Gasteiger charge is -2.26. The van der Waals surface area contributed by atoms with Gasteiger partial charge in [0.25, 0.3) is 5.56 Å². The molecule has 0 saturated carbocycles.